The van der Waals surface area contributed by atoms with E-state index in [1.54, 1.807) is 0 Å². The number of esters is 2. The van der Waals surface area contributed by atoms with Gasteiger partial charge in [0.25, 0.3) is 0 Å². The van der Waals surface area contributed by atoms with E-state index in [2.05, 4.69) is 19.1 Å². The Morgan fingerprint density at radius 1 is 1.23 bits per heavy atom. The molecule has 0 N–H and O–H groups in total. The summed E-state index contributed by atoms with van der Waals surface area (Å²) in [5, 5.41) is 0. The van der Waals surface area contributed by atoms with Gasteiger partial charge in [-0.2, -0.15) is 0 Å². The molecule has 4 heteroatoms. The summed E-state index contributed by atoms with van der Waals surface area (Å²) in [6.07, 6.45) is 13.2. The van der Waals surface area contributed by atoms with Gasteiger partial charge < -0.3 is 9.47 Å². The van der Waals surface area contributed by atoms with E-state index in [9.17, 15) is 9.59 Å². The van der Waals surface area contributed by atoms with Gasteiger partial charge in [-0.25, -0.2) is 0 Å². The molecule has 3 saturated carbocycles. The van der Waals surface area contributed by atoms with E-state index in [0.29, 0.717) is 23.7 Å². The quantitative estimate of drug-likeness (QED) is 0.498. The highest BCUT2D eigenvalue weighted by atomic mass is 16.6. The van der Waals surface area contributed by atoms with E-state index < -0.39 is 0 Å². The predicted molar refractivity (Wildman–Crippen MR) is 98.2 cm³/mol. The lowest BCUT2D eigenvalue weighted by atomic mass is 9.83. The number of rotatable bonds is 7. The van der Waals surface area contributed by atoms with Crippen LogP contribution in [0.5, 0.6) is 0 Å². The monoisotopic (exact) mass is 360 g/mol. The Morgan fingerprint density at radius 2 is 2.08 bits per heavy atom. The number of ether oxygens (including phenoxy) is 2. The molecule has 26 heavy (non-hydrogen) atoms. The largest absolute Gasteiger partial charge is 0.462 e. The molecule has 0 spiro atoms. The Morgan fingerprint density at radius 3 is 2.69 bits per heavy atom. The molecule has 0 aromatic carbocycles. The normalized spacial score (nSPS) is 40.8. The third-order valence-corrected chi connectivity index (χ3v) is 7.49. The zero-order valence-corrected chi connectivity index (χ0v) is 16.1. The molecule has 0 aliphatic heterocycles. The second-order valence-corrected chi connectivity index (χ2v) is 9.20. The van der Waals surface area contributed by atoms with E-state index in [4.69, 9.17) is 9.47 Å². The van der Waals surface area contributed by atoms with E-state index >= 15 is 0 Å². The molecule has 4 aliphatic rings. The number of allylic oxidation sites excluding steroid dienone is 2. The van der Waals surface area contributed by atoms with Crippen molar-refractivity contribution < 1.29 is 19.1 Å². The molecular weight excluding hydrogens is 328 g/mol. The number of carbonyl (C=O) groups excluding carboxylic acids is 2. The summed E-state index contributed by atoms with van der Waals surface area (Å²) in [6.45, 7) is 3.63. The Kier molecular flexibility index (Phi) is 4.87. The summed E-state index contributed by atoms with van der Waals surface area (Å²) >= 11 is 0. The summed E-state index contributed by atoms with van der Waals surface area (Å²) in [5.74, 6) is 2.59. The van der Waals surface area contributed by atoms with Crippen molar-refractivity contribution >= 4 is 11.9 Å². The Hall–Kier alpha value is -1.32. The highest BCUT2D eigenvalue weighted by molar-refractivity contribution is 5.72. The fraction of sp³-hybridized carbons (Fsp3) is 0.818. The molecule has 4 rings (SSSR count). The van der Waals surface area contributed by atoms with Crippen LogP contribution >= 0.6 is 0 Å². The predicted octanol–water partition coefficient (Wildman–Crippen LogP) is 4.42. The molecule has 7 unspecified atom stereocenters. The van der Waals surface area contributed by atoms with Crippen LogP contribution in [-0.2, 0) is 19.1 Å². The topological polar surface area (TPSA) is 52.6 Å². The van der Waals surface area contributed by atoms with Crippen molar-refractivity contribution in [3.63, 3.8) is 0 Å². The third kappa shape index (κ3) is 3.44. The van der Waals surface area contributed by atoms with Gasteiger partial charge in [0.15, 0.2) is 0 Å². The van der Waals surface area contributed by atoms with Crippen LogP contribution in [-0.4, -0.2) is 23.6 Å². The first-order chi connectivity index (χ1) is 12.5. The van der Waals surface area contributed by atoms with E-state index in [1.807, 2.05) is 0 Å². The second-order valence-electron chi connectivity index (χ2n) is 9.20. The van der Waals surface area contributed by atoms with E-state index in [0.717, 1.165) is 38.0 Å². The Bertz CT molecular complexity index is 597. The van der Waals surface area contributed by atoms with Crippen molar-refractivity contribution in [2.75, 3.05) is 0 Å². The maximum Gasteiger partial charge on any atom is 0.310 e. The maximum absolute atomic E-state index is 12.7. The SMILES string of the molecule is CCC1CC2CCC1(OC(=O)CC(CC1CC3C=CC1C3)OC(C)=O)C2. The molecule has 0 saturated heterocycles. The molecule has 4 nitrogen and oxygen atoms in total. The third-order valence-electron chi connectivity index (χ3n) is 7.49. The molecule has 7 atom stereocenters. The first-order valence-corrected chi connectivity index (χ1v) is 10.5. The van der Waals surface area contributed by atoms with Crippen LogP contribution in [0.1, 0.15) is 71.6 Å². The first-order valence-electron chi connectivity index (χ1n) is 10.5. The zero-order chi connectivity index (χ0) is 18.3. The minimum absolute atomic E-state index is 0.170. The zero-order valence-electron chi connectivity index (χ0n) is 16.1. The molecule has 4 aliphatic carbocycles. The number of carbonyl (C=O) groups is 2. The van der Waals surface area contributed by atoms with Gasteiger partial charge in [0, 0.05) is 6.92 Å². The van der Waals surface area contributed by atoms with Gasteiger partial charge in [0.1, 0.15) is 11.7 Å². The summed E-state index contributed by atoms with van der Waals surface area (Å²) < 4.78 is 11.6. The van der Waals surface area contributed by atoms with Crippen LogP contribution in [0.25, 0.3) is 0 Å². The van der Waals surface area contributed by atoms with Crippen LogP contribution in [0.4, 0.5) is 0 Å². The van der Waals surface area contributed by atoms with Crippen molar-refractivity contribution in [2.45, 2.75) is 83.3 Å². The highest BCUT2D eigenvalue weighted by Gasteiger charge is 2.54. The highest BCUT2D eigenvalue weighted by Crippen LogP contribution is 2.55. The molecule has 0 radical (unpaired) electrons. The lowest BCUT2D eigenvalue weighted by molar-refractivity contribution is -0.169. The second kappa shape index (κ2) is 7.01. The summed E-state index contributed by atoms with van der Waals surface area (Å²) in [7, 11) is 0. The van der Waals surface area contributed by atoms with Crippen molar-refractivity contribution in [2.24, 2.45) is 29.6 Å². The van der Waals surface area contributed by atoms with Crippen LogP contribution in [0.15, 0.2) is 12.2 Å². The van der Waals surface area contributed by atoms with Gasteiger partial charge in [-0.05, 0) is 81.0 Å². The van der Waals surface area contributed by atoms with Crippen LogP contribution < -0.4 is 0 Å². The van der Waals surface area contributed by atoms with Crippen molar-refractivity contribution in [3.8, 4) is 0 Å². The average molecular weight is 360 g/mol. The van der Waals surface area contributed by atoms with E-state index in [1.165, 1.54) is 26.2 Å². The summed E-state index contributed by atoms with van der Waals surface area (Å²) in [4.78, 5) is 24.3. The summed E-state index contributed by atoms with van der Waals surface area (Å²) in [5.41, 5.74) is -0.230. The van der Waals surface area contributed by atoms with Gasteiger partial charge in [-0.1, -0.05) is 19.1 Å². The molecular formula is C22H32O4. The van der Waals surface area contributed by atoms with Crippen LogP contribution in [0.2, 0.25) is 0 Å². The van der Waals surface area contributed by atoms with Crippen LogP contribution in [0.3, 0.4) is 0 Å². The molecule has 3 fully saturated rings. The van der Waals surface area contributed by atoms with Gasteiger partial charge in [0.2, 0.25) is 0 Å². The fourth-order valence-electron chi connectivity index (χ4n) is 6.41. The Labute approximate surface area is 156 Å². The van der Waals surface area contributed by atoms with E-state index in [-0.39, 0.29) is 30.1 Å². The van der Waals surface area contributed by atoms with Crippen molar-refractivity contribution in [1.29, 1.82) is 0 Å². The lowest BCUT2D eigenvalue weighted by Gasteiger charge is -2.35. The standard InChI is InChI=1S/C22H32O4/c1-3-19-10-16-6-7-22(19,13-16)26-21(24)12-20(25-14(2)23)11-18-9-15-4-5-17(18)8-15/h4-5,15-20H,3,6-13H2,1-2H3. The van der Waals surface area contributed by atoms with Crippen molar-refractivity contribution in [1.82, 2.24) is 0 Å². The Balaban J connectivity index is 1.36. The minimum Gasteiger partial charge on any atom is -0.462 e. The molecule has 0 aromatic rings. The van der Waals surface area contributed by atoms with Crippen LogP contribution in [0, 0.1) is 29.6 Å². The molecule has 0 amide bonds. The minimum atomic E-state index is -0.340. The fourth-order valence-corrected chi connectivity index (χ4v) is 6.41. The maximum atomic E-state index is 12.7. The number of hydrogen-bond donors (Lipinski definition) is 0. The number of fused-ring (bicyclic) bond motifs is 4. The summed E-state index contributed by atoms with van der Waals surface area (Å²) in [6, 6.07) is 0. The first kappa shape index (κ1) is 18.1. The molecule has 0 aromatic heterocycles. The van der Waals surface area contributed by atoms with Gasteiger partial charge in [-0.15, -0.1) is 0 Å². The van der Waals surface area contributed by atoms with Crippen molar-refractivity contribution in [3.05, 3.63) is 12.2 Å². The average Bonchev–Trinajstić information content (AvgIpc) is 3.32. The van der Waals surface area contributed by atoms with Gasteiger partial charge in [-0.3, -0.25) is 9.59 Å². The number of hydrogen-bond acceptors (Lipinski definition) is 4. The molecule has 4 bridgehead atoms. The van der Waals surface area contributed by atoms with Gasteiger partial charge in [0.05, 0.1) is 6.42 Å². The molecule has 0 heterocycles. The van der Waals surface area contributed by atoms with Gasteiger partial charge >= 0.3 is 11.9 Å². The molecule has 144 valence electrons. The lowest BCUT2D eigenvalue weighted by Crippen LogP contribution is -2.39. The smallest absolute Gasteiger partial charge is 0.310 e.